The van der Waals surface area contributed by atoms with E-state index in [0.717, 1.165) is 22.2 Å². The molecule has 1 aromatic carbocycles. The molecule has 0 radical (unpaired) electrons. The van der Waals surface area contributed by atoms with Gasteiger partial charge in [-0.3, -0.25) is 0 Å². The van der Waals surface area contributed by atoms with Gasteiger partial charge in [0.2, 0.25) is 0 Å². The fraction of sp³-hybridized carbons (Fsp3) is 0.222. The lowest BCUT2D eigenvalue weighted by Crippen LogP contribution is -1.94. The monoisotopic (exact) mass is 212 g/mol. The molecule has 0 aliphatic carbocycles. The van der Waals surface area contributed by atoms with E-state index in [-0.39, 0.29) is 0 Å². The molecule has 1 N–H and O–H groups in total. The smallest absolute Gasteiger partial charge is 0.183 e. The lowest BCUT2D eigenvalue weighted by Gasteiger charge is -1.92. The SMILES string of the molecule is CCNc1nc2cc(Cl)ccc2s1. The van der Waals surface area contributed by atoms with Crippen molar-refractivity contribution in [3.05, 3.63) is 23.2 Å². The van der Waals surface area contributed by atoms with Crippen LogP contribution in [0.15, 0.2) is 18.2 Å². The van der Waals surface area contributed by atoms with Crippen molar-refractivity contribution in [3.8, 4) is 0 Å². The Labute approximate surface area is 85.6 Å². The van der Waals surface area contributed by atoms with E-state index in [9.17, 15) is 0 Å². The third kappa shape index (κ3) is 1.76. The number of thiazole rings is 1. The first-order chi connectivity index (χ1) is 6.29. The third-order valence-electron chi connectivity index (χ3n) is 1.68. The number of nitrogens with one attached hydrogen (secondary N) is 1. The van der Waals surface area contributed by atoms with Crippen LogP contribution in [0.3, 0.4) is 0 Å². The summed E-state index contributed by atoms with van der Waals surface area (Å²) in [5.41, 5.74) is 0.966. The highest BCUT2D eigenvalue weighted by Crippen LogP contribution is 2.27. The molecule has 0 bridgehead atoms. The maximum absolute atomic E-state index is 5.85. The van der Waals surface area contributed by atoms with Gasteiger partial charge < -0.3 is 5.32 Å². The van der Waals surface area contributed by atoms with Crippen LogP contribution < -0.4 is 5.32 Å². The van der Waals surface area contributed by atoms with E-state index < -0.39 is 0 Å². The molecule has 2 nitrogen and oxygen atoms in total. The summed E-state index contributed by atoms with van der Waals surface area (Å²) in [5.74, 6) is 0. The van der Waals surface area contributed by atoms with E-state index in [1.165, 1.54) is 4.70 Å². The van der Waals surface area contributed by atoms with Gasteiger partial charge in [-0.05, 0) is 25.1 Å². The molecule has 0 amide bonds. The van der Waals surface area contributed by atoms with Crippen molar-refractivity contribution in [2.75, 3.05) is 11.9 Å². The summed E-state index contributed by atoms with van der Waals surface area (Å²) in [6, 6.07) is 5.77. The van der Waals surface area contributed by atoms with Crippen molar-refractivity contribution < 1.29 is 0 Å². The number of fused-ring (bicyclic) bond motifs is 1. The van der Waals surface area contributed by atoms with E-state index in [1.54, 1.807) is 11.3 Å². The van der Waals surface area contributed by atoms with E-state index in [1.807, 2.05) is 18.2 Å². The van der Waals surface area contributed by atoms with Gasteiger partial charge in [0, 0.05) is 11.6 Å². The van der Waals surface area contributed by atoms with Gasteiger partial charge >= 0.3 is 0 Å². The molecule has 4 heteroatoms. The highest BCUT2D eigenvalue weighted by atomic mass is 35.5. The number of rotatable bonds is 2. The maximum Gasteiger partial charge on any atom is 0.183 e. The summed E-state index contributed by atoms with van der Waals surface area (Å²) in [5, 5.41) is 4.88. The highest BCUT2D eigenvalue weighted by Gasteiger charge is 2.02. The van der Waals surface area contributed by atoms with Crippen LogP contribution in [0, 0.1) is 0 Å². The first-order valence-electron chi connectivity index (χ1n) is 4.09. The molecule has 0 aliphatic heterocycles. The van der Waals surface area contributed by atoms with Gasteiger partial charge in [0.25, 0.3) is 0 Å². The zero-order chi connectivity index (χ0) is 9.26. The van der Waals surface area contributed by atoms with Crippen molar-refractivity contribution in [3.63, 3.8) is 0 Å². The average molecular weight is 213 g/mol. The van der Waals surface area contributed by atoms with E-state index in [0.29, 0.717) is 0 Å². The van der Waals surface area contributed by atoms with Gasteiger partial charge in [-0.25, -0.2) is 4.98 Å². The zero-order valence-electron chi connectivity index (χ0n) is 7.17. The van der Waals surface area contributed by atoms with Crippen LogP contribution in [0.25, 0.3) is 10.2 Å². The van der Waals surface area contributed by atoms with Crippen LogP contribution in [0.1, 0.15) is 6.92 Å². The molecule has 0 fully saturated rings. The Kier molecular flexibility index (Phi) is 2.38. The van der Waals surface area contributed by atoms with E-state index >= 15 is 0 Å². The van der Waals surface area contributed by atoms with Gasteiger partial charge in [-0.2, -0.15) is 0 Å². The maximum atomic E-state index is 5.85. The van der Waals surface area contributed by atoms with Crippen molar-refractivity contribution >= 4 is 38.3 Å². The van der Waals surface area contributed by atoms with Gasteiger partial charge in [-0.15, -0.1) is 0 Å². The molecule has 68 valence electrons. The number of benzene rings is 1. The molecule has 2 rings (SSSR count). The second-order valence-electron chi connectivity index (χ2n) is 2.66. The Morgan fingerprint density at radius 2 is 2.38 bits per heavy atom. The minimum atomic E-state index is 0.737. The molecule has 0 saturated carbocycles. The van der Waals surface area contributed by atoms with E-state index in [2.05, 4.69) is 17.2 Å². The Morgan fingerprint density at radius 3 is 3.15 bits per heavy atom. The molecular weight excluding hydrogens is 204 g/mol. The standard InChI is InChI=1S/C9H9ClN2S/c1-2-11-9-12-7-5-6(10)3-4-8(7)13-9/h3-5H,2H2,1H3,(H,11,12). The lowest BCUT2D eigenvalue weighted by atomic mass is 10.3. The number of halogens is 1. The Morgan fingerprint density at radius 1 is 1.54 bits per heavy atom. The average Bonchev–Trinajstić information content (AvgIpc) is 2.46. The first-order valence-corrected chi connectivity index (χ1v) is 5.29. The van der Waals surface area contributed by atoms with Gasteiger partial charge in [0.15, 0.2) is 5.13 Å². The van der Waals surface area contributed by atoms with Gasteiger partial charge in [-0.1, -0.05) is 22.9 Å². The predicted molar refractivity (Wildman–Crippen MR) is 58.8 cm³/mol. The molecule has 2 aromatic rings. The fourth-order valence-electron chi connectivity index (χ4n) is 1.13. The van der Waals surface area contributed by atoms with Gasteiger partial charge in [0.05, 0.1) is 10.2 Å². The Hall–Kier alpha value is -0.800. The molecule has 1 heterocycles. The van der Waals surface area contributed by atoms with E-state index in [4.69, 9.17) is 11.6 Å². The molecule has 0 spiro atoms. The molecule has 0 unspecified atom stereocenters. The van der Waals surface area contributed by atoms with Crippen LogP contribution >= 0.6 is 22.9 Å². The Bertz CT molecular complexity index is 424. The summed E-state index contributed by atoms with van der Waals surface area (Å²) in [7, 11) is 0. The zero-order valence-corrected chi connectivity index (χ0v) is 8.75. The summed E-state index contributed by atoms with van der Waals surface area (Å²) in [4.78, 5) is 4.39. The molecule has 0 saturated heterocycles. The normalized spacial score (nSPS) is 10.6. The number of nitrogens with zero attached hydrogens (tertiary/aromatic N) is 1. The number of anilines is 1. The van der Waals surface area contributed by atoms with Crippen LogP contribution in [0.2, 0.25) is 5.02 Å². The quantitative estimate of drug-likeness (QED) is 0.826. The third-order valence-corrected chi connectivity index (χ3v) is 2.91. The second kappa shape index (κ2) is 3.52. The molecule has 1 aromatic heterocycles. The fourth-order valence-corrected chi connectivity index (χ4v) is 2.21. The van der Waals surface area contributed by atoms with Crippen molar-refractivity contribution in [1.29, 1.82) is 0 Å². The molecule has 13 heavy (non-hydrogen) atoms. The first kappa shape index (κ1) is 8.78. The topological polar surface area (TPSA) is 24.9 Å². The number of hydrogen-bond acceptors (Lipinski definition) is 3. The Balaban J connectivity index is 2.49. The minimum absolute atomic E-state index is 0.737. The largest absolute Gasteiger partial charge is 0.362 e. The van der Waals surface area contributed by atoms with Crippen LogP contribution in [-0.4, -0.2) is 11.5 Å². The van der Waals surface area contributed by atoms with Crippen LogP contribution in [0.4, 0.5) is 5.13 Å². The van der Waals surface area contributed by atoms with Crippen molar-refractivity contribution in [2.24, 2.45) is 0 Å². The summed E-state index contributed by atoms with van der Waals surface area (Å²) < 4.78 is 1.17. The van der Waals surface area contributed by atoms with Gasteiger partial charge in [0.1, 0.15) is 0 Å². The van der Waals surface area contributed by atoms with Crippen molar-refractivity contribution in [1.82, 2.24) is 4.98 Å². The summed E-state index contributed by atoms with van der Waals surface area (Å²) in [6.07, 6.45) is 0. The predicted octanol–water partition coefficient (Wildman–Crippen LogP) is 3.38. The second-order valence-corrected chi connectivity index (χ2v) is 4.13. The number of aromatic nitrogens is 1. The highest BCUT2D eigenvalue weighted by molar-refractivity contribution is 7.22. The van der Waals surface area contributed by atoms with Crippen molar-refractivity contribution in [2.45, 2.75) is 6.92 Å². The summed E-state index contributed by atoms with van der Waals surface area (Å²) in [6.45, 7) is 2.95. The minimum Gasteiger partial charge on any atom is -0.362 e. The van der Waals surface area contributed by atoms with Crippen LogP contribution in [-0.2, 0) is 0 Å². The number of hydrogen-bond donors (Lipinski definition) is 1. The molecular formula is C9H9ClN2S. The molecule has 0 atom stereocenters. The van der Waals surface area contributed by atoms with Crippen LogP contribution in [0.5, 0.6) is 0 Å². The lowest BCUT2D eigenvalue weighted by molar-refractivity contribution is 1.20. The molecule has 0 aliphatic rings. The summed E-state index contributed by atoms with van der Waals surface area (Å²) >= 11 is 7.50.